The molecule has 0 spiro atoms. The van der Waals surface area contributed by atoms with Gasteiger partial charge in [0.2, 0.25) is 0 Å². The smallest absolute Gasteiger partial charge is 0.0274 e. The van der Waals surface area contributed by atoms with Gasteiger partial charge in [-0.25, -0.2) is 0 Å². The molecule has 0 rings (SSSR count). The summed E-state index contributed by atoms with van der Waals surface area (Å²) in [6.45, 7) is 4.20. The van der Waals surface area contributed by atoms with Gasteiger partial charge in [-0.1, -0.05) is 13.8 Å². The second kappa shape index (κ2) is 1.75. The molecule has 0 aliphatic rings. The first kappa shape index (κ1) is 6.18. The van der Waals surface area contributed by atoms with Crippen molar-refractivity contribution in [1.29, 1.82) is 0 Å². The second-order valence-corrected chi connectivity index (χ2v) is 4.63. The van der Waals surface area contributed by atoms with E-state index in [1.54, 1.807) is 0 Å². The van der Waals surface area contributed by atoms with Crippen LogP contribution in [-0.2, 0) is 0 Å². The fourth-order valence-electron chi connectivity index (χ4n) is 0. The van der Waals surface area contributed by atoms with Gasteiger partial charge >= 0.3 is 0 Å². The van der Waals surface area contributed by atoms with Gasteiger partial charge in [0.25, 0.3) is 0 Å². The zero-order valence-electron chi connectivity index (χ0n) is 4.78. The van der Waals surface area contributed by atoms with Crippen molar-refractivity contribution in [2.45, 2.75) is 25.4 Å². The summed E-state index contributed by atoms with van der Waals surface area (Å²) in [6, 6.07) is 0. The summed E-state index contributed by atoms with van der Waals surface area (Å²) in [5.74, 6) is 0. The Balaban J connectivity index is 3.17. The van der Waals surface area contributed by atoms with Crippen molar-refractivity contribution in [3.05, 3.63) is 0 Å². The quantitative estimate of drug-likeness (QED) is 0.442. The highest BCUT2D eigenvalue weighted by molar-refractivity contribution is 6.14. The average Bonchev–Trinajstić information content (AvgIpc) is 1.35. The van der Waals surface area contributed by atoms with E-state index in [2.05, 4.69) is 13.8 Å². The molecular weight excluding hydrogens is 90.1 g/mol. The van der Waals surface area contributed by atoms with Gasteiger partial charge in [-0.3, -0.25) is 0 Å². The normalized spacial score (nSPS) is 20.5. The van der Waals surface area contributed by atoms with Crippen LogP contribution in [0, 0.1) is 0 Å². The van der Waals surface area contributed by atoms with Crippen LogP contribution >= 0.6 is 0 Å². The van der Waals surface area contributed by atoms with Crippen molar-refractivity contribution in [1.82, 2.24) is 0 Å². The molecule has 0 aliphatic carbocycles. The Morgan fingerprint density at radius 3 is 2.00 bits per heavy atom. The molecule has 0 aromatic carbocycles. The molecule has 1 nitrogen and oxygen atoms in total. The first-order valence-corrected chi connectivity index (χ1v) is 3.35. The van der Waals surface area contributed by atoms with Crippen LogP contribution < -0.4 is 5.73 Å². The number of hydrogen-bond donors (Lipinski definition) is 1. The minimum atomic E-state index is 0.181. The van der Waals surface area contributed by atoms with Crippen LogP contribution in [0.2, 0.25) is 0 Å². The predicted molar refractivity (Wildman–Crippen MR) is 32.8 cm³/mol. The fourth-order valence-corrected chi connectivity index (χ4v) is 0. The Hall–Kier alpha value is 0.177. The maximum atomic E-state index is 5.60. The largest absolute Gasteiger partial charge is 0.329 e. The molecule has 0 aliphatic heterocycles. The van der Waals surface area contributed by atoms with E-state index in [1.165, 1.54) is 0 Å². The highest BCUT2D eigenvalue weighted by Gasteiger charge is 2.03. The summed E-state index contributed by atoms with van der Waals surface area (Å²) in [5.41, 5.74) is 5.60. The molecule has 0 heterocycles. The van der Waals surface area contributed by atoms with E-state index in [9.17, 15) is 0 Å². The Morgan fingerprint density at radius 1 is 1.83 bits per heavy atom. The van der Waals surface area contributed by atoms with Gasteiger partial charge in [0.05, 0.1) is 0 Å². The van der Waals surface area contributed by atoms with Gasteiger partial charge in [0.1, 0.15) is 0 Å². The third-order valence-corrected chi connectivity index (χ3v) is 1.62. The van der Waals surface area contributed by atoms with Crippen molar-refractivity contribution in [3.63, 3.8) is 0 Å². The Labute approximate surface area is 42.3 Å². The van der Waals surface area contributed by atoms with E-state index in [0.29, 0.717) is 0 Å². The Kier molecular flexibility index (Phi) is 1.81. The van der Waals surface area contributed by atoms with Crippen molar-refractivity contribution >= 4 is 10.2 Å². The molecule has 0 fully saturated rings. The lowest BCUT2D eigenvalue weighted by Gasteiger charge is -2.13. The van der Waals surface area contributed by atoms with Crippen LogP contribution in [0.25, 0.3) is 0 Å². The van der Waals surface area contributed by atoms with Crippen molar-refractivity contribution in [2.24, 2.45) is 5.73 Å². The lowest BCUT2D eigenvalue weighted by atomic mass is 10.3. The molecule has 0 aromatic heterocycles. The molecule has 6 heavy (non-hydrogen) atoms. The van der Waals surface area contributed by atoms with E-state index >= 15 is 0 Å². The topological polar surface area (TPSA) is 26.0 Å². The first-order valence-electron chi connectivity index (χ1n) is 2.35. The summed E-state index contributed by atoms with van der Waals surface area (Å²) >= 11 is 0. The fraction of sp³-hybridized carbons (Fsp3) is 1.00. The highest BCUT2D eigenvalue weighted by atomic mass is 28.1. The average molecular weight is 103 g/mol. The summed E-state index contributed by atoms with van der Waals surface area (Å²) in [7, 11) is 1.11. The lowest BCUT2D eigenvalue weighted by Crippen LogP contribution is -2.35. The number of rotatable bonds is 1. The number of hydrogen-bond acceptors (Lipinski definition) is 1. The van der Waals surface area contributed by atoms with E-state index in [1.807, 2.05) is 0 Å². The van der Waals surface area contributed by atoms with Gasteiger partial charge in [0, 0.05) is 10.2 Å². The Morgan fingerprint density at radius 2 is 2.00 bits per heavy atom. The Bertz CT molecular complexity index is 37.3. The van der Waals surface area contributed by atoms with Crippen LogP contribution in [0.1, 0.15) is 20.3 Å². The van der Waals surface area contributed by atoms with Gasteiger partial charge in [-0.05, 0) is 11.6 Å². The zero-order valence-corrected chi connectivity index (χ0v) is 6.78. The van der Waals surface area contributed by atoms with Crippen LogP contribution in [0.15, 0.2) is 0 Å². The van der Waals surface area contributed by atoms with Gasteiger partial charge in [0.15, 0.2) is 0 Å². The summed E-state index contributed by atoms with van der Waals surface area (Å²) in [5, 5.41) is 0.181. The summed E-state index contributed by atoms with van der Waals surface area (Å²) in [4.78, 5) is 0. The van der Waals surface area contributed by atoms with Crippen molar-refractivity contribution in [2.75, 3.05) is 0 Å². The molecule has 0 radical (unpaired) electrons. The second-order valence-electron chi connectivity index (χ2n) is 2.34. The molecular formula is C4H13NSi. The van der Waals surface area contributed by atoms with Crippen molar-refractivity contribution < 1.29 is 0 Å². The molecule has 2 heteroatoms. The van der Waals surface area contributed by atoms with Crippen LogP contribution in [0.5, 0.6) is 0 Å². The summed E-state index contributed by atoms with van der Waals surface area (Å²) in [6.07, 6.45) is 1.11. The molecule has 2 N–H and O–H groups in total. The molecule has 0 bridgehead atoms. The standard InChI is InChI=1S/C4H13NSi/c1-3-4(2,5)6/h3,5H2,1-2,6H3. The third kappa shape index (κ3) is 4.18. The maximum absolute atomic E-state index is 5.60. The molecule has 0 amide bonds. The molecule has 0 saturated carbocycles. The third-order valence-electron chi connectivity index (χ3n) is 0.911. The van der Waals surface area contributed by atoms with Crippen LogP contribution in [0.4, 0.5) is 0 Å². The maximum Gasteiger partial charge on any atom is 0.0274 e. The molecule has 1 atom stereocenters. The van der Waals surface area contributed by atoms with Crippen LogP contribution in [0.3, 0.4) is 0 Å². The predicted octanol–water partition coefficient (Wildman–Crippen LogP) is -0.563. The minimum absolute atomic E-state index is 0.181. The molecule has 38 valence electrons. The number of nitrogens with two attached hydrogens (primary N) is 1. The molecule has 1 unspecified atom stereocenters. The monoisotopic (exact) mass is 103 g/mol. The van der Waals surface area contributed by atoms with Crippen molar-refractivity contribution in [3.8, 4) is 0 Å². The SMILES string of the molecule is CCC(C)(N)[SiH3]. The van der Waals surface area contributed by atoms with E-state index in [4.69, 9.17) is 5.73 Å². The van der Waals surface area contributed by atoms with E-state index < -0.39 is 0 Å². The summed E-state index contributed by atoms with van der Waals surface area (Å²) < 4.78 is 0. The highest BCUT2D eigenvalue weighted by Crippen LogP contribution is 1.94. The van der Waals surface area contributed by atoms with E-state index in [-0.39, 0.29) is 5.16 Å². The minimum Gasteiger partial charge on any atom is -0.329 e. The van der Waals surface area contributed by atoms with Gasteiger partial charge in [-0.15, -0.1) is 0 Å². The zero-order chi connectivity index (χ0) is 5.21. The van der Waals surface area contributed by atoms with Gasteiger partial charge < -0.3 is 5.73 Å². The van der Waals surface area contributed by atoms with E-state index in [0.717, 1.165) is 16.7 Å². The molecule has 0 aromatic rings. The van der Waals surface area contributed by atoms with Crippen LogP contribution in [-0.4, -0.2) is 15.4 Å². The first-order chi connectivity index (χ1) is 2.56. The van der Waals surface area contributed by atoms with Gasteiger partial charge in [-0.2, -0.15) is 0 Å². The lowest BCUT2D eigenvalue weighted by molar-refractivity contribution is 0.636. The molecule has 0 saturated heterocycles.